The van der Waals surface area contributed by atoms with Crippen LogP contribution >= 0.6 is 22.7 Å². The Balaban J connectivity index is 1.31. The van der Waals surface area contributed by atoms with E-state index in [0.29, 0.717) is 22.3 Å². The summed E-state index contributed by atoms with van der Waals surface area (Å²) in [4.78, 5) is 28.1. The van der Waals surface area contributed by atoms with E-state index in [1.54, 1.807) is 22.7 Å². The highest BCUT2D eigenvalue weighted by Crippen LogP contribution is 2.44. The molecule has 40 heavy (non-hydrogen) atoms. The highest BCUT2D eigenvalue weighted by molar-refractivity contribution is 7.31. The van der Waals surface area contributed by atoms with Crippen LogP contribution in [-0.4, -0.2) is 0 Å². The fourth-order valence-corrected chi connectivity index (χ4v) is 8.53. The second kappa shape index (κ2) is 8.49. The van der Waals surface area contributed by atoms with Crippen molar-refractivity contribution in [3.8, 4) is 20.9 Å². The number of hydrogen-bond donors (Lipinski definition) is 0. The Morgan fingerprint density at radius 3 is 1.43 bits per heavy atom. The van der Waals surface area contributed by atoms with Gasteiger partial charge in [0.1, 0.15) is 11.2 Å². The first kappa shape index (κ1) is 23.4. The molecule has 0 aliphatic heterocycles. The van der Waals surface area contributed by atoms with Gasteiger partial charge in [0.15, 0.2) is 0 Å². The average Bonchev–Trinajstić information content (AvgIpc) is 3.51. The van der Waals surface area contributed by atoms with Crippen LogP contribution in [0, 0.1) is 13.8 Å². The van der Waals surface area contributed by atoms with Gasteiger partial charge < -0.3 is 8.83 Å². The average molecular weight is 557 g/mol. The van der Waals surface area contributed by atoms with Crippen LogP contribution < -0.4 is 11.3 Å². The van der Waals surface area contributed by atoms with Crippen molar-refractivity contribution in [1.82, 2.24) is 0 Å². The molecule has 0 aliphatic carbocycles. The molecular weight excluding hydrogens is 537 g/mol. The molecule has 6 heteroatoms. The standard InChI is InChI=1S/C34H20O4S2/c1-17-29-21-9-5-3-7-19(21)11-13-23(29)37-33(35)31(17)27-15-25-26(39-27)16-28(40-25)32-18(2)30-22-10-6-4-8-20(22)12-14-24(30)38-34(32)36/h3-16H,1-2H3. The maximum absolute atomic E-state index is 13.2. The molecule has 0 atom stereocenters. The molecule has 8 aromatic rings. The zero-order valence-electron chi connectivity index (χ0n) is 21.5. The molecule has 0 N–H and O–H groups in total. The quantitative estimate of drug-likeness (QED) is 0.157. The maximum Gasteiger partial charge on any atom is 0.345 e. The lowest BCUT2D eigenvalue weighted by Crippen LogP contribution is -2.05. The summed E-state index contributed by atoms with van der Waals surface area (Å²) < 4.78 is 13.7. The molecule has 0 spiro atoms. The molecule has 192 valence electrons. The molecule has 4 aromatic carbocycles. The van der Waals surface area contributed by atoms with E-state index in [1.807, 2.05) is 74.5 Å². The lowest BCUT2D eigenvalue weighted by Gasteiger charge is -2.09. The first-order chi connectivity index (χ1) is 19.5. The van der Waals surface area contributed by atoms with Crippen molar-refractivity contribution < 1.29 is 8.83 Å². The minimum absolute atomic E-state index is 0.340. The highest BCUT2D eigenvalue weighted by atomic mass is 32.1. The summed E-state index contributed by atoms with van der Waals surface area (Å²) in [6, 6.07) is 28.1. The van der Waals surface area contributed by atoms with Crippen LogP contribution in [0.2, 0.25) is 0 Å². The molecule has 0 bridgehead atoms. The van der Waals surface area contributed by atoms with Crippen molar-refractivity contribution in [2.24, 2.45) is 0 Å². The zero-order valence-corrected chi connectivity index (χ0v) is 23.2. The van der Waals surface area contributed by atoms with Gasteiger partial charge >= 0.3 is 11.3 Å². The molecule has 0 aliphatic rings. The third kappa shape index (κ3) is 3.30. The molecular formula is C34H20O4S2. The summed E-state index contributed by atoms with van der Waals surface area (Å²) in [5, 5.41) is 6.26. The van der Waals surface area contributed by atoms with Gasteiger partial charge in [0.2, 0.25) is 0 Å². The Bertz CT molecular complexity index is 2250. The van der Waals surface area contributed by atoms with Crippen LogP contribution in [0.15, 0.2) is 103 Å². The predicted octanol–water partition coefficient (Wildman–Crippen LogP) is 9.43. The fourth-order valence-electron chi connectivity index (χ4n) is 5.96. The van der Waals surface area contributed by atoms with Crippen molar-refractivity contribution >= 4 is 75.6 Å². The maximum atomic E-state index is 13.2. The SMILES string of the molecule is Cc1c(-c2cc3sc(-c4c(C)c5c(ccc6ccccc65)oc4=O)cc3s2)c(=O)oc2ccc3ccccc3c12. The van der Waals surface area contributed by atoms with E-state index in [-0.39, 0.29) is 11.3 Å². The van der Waals surface area contributed by atoms with Gasteiger partial charge in [0, 0.05) is 29.9 Å². The lowest BCUT2D eigenvalue weighted by atomic mass is 9.99. The molecule has 0 fully saturated rings. The molecule has 0 saturated carbocycles. The van der Waals surface area contributed by atoms with E-state index in [9.17, 15) is 9.59 Å². The van der Waals surface area contributed by atoms with Gasteiger partial charge in [-0.2, -0.15) is 0 Å². The van der Waals surface area contributed by atoms with E-state index in [2.05, 4.69) is 24.3 Å². The number of thiophene rings is 2. The van der Waals surface area contributed by atoms with Crippen LogP contribution in [-0.2, 0) is 0 Å². The summed E-state index contributed by atoms with van der Waals surface area (Å²) in [5.74, 6) is 0. The van der Waals surface area contributed by atoms with Crippen LogP contribution in [0.4, 0.5) is 0 Å². The third-order valence-corrected chi connectivity index (χ3v) is 10.1. The van der Waals surface area contributed by atoms with Crippen molar-refractivity contribution in [3.05, 3.63) is 117 Å². The van der Waals surface area contributed by atoms with Gasteiger partial charge in [0.05, 0.1) is 11.1 Å². The zero-order chi connectivity index (χ0) is 27.1. The van der Waals surface area contributed by atoms with Gasteiger partial charge in [-0.25, -0.2) is 9.59 Å². The largest absolute Gasteiger partial charge is 0.422 e. The second-order valence-corrected chi connectivity index (χ2v) is 12.2. The lowest BCUT2D eigenvalue weighted by molar-refractivity contribution is 0.563. The predicted molar refractivity (Wildman–Crippen MR) is 167 cm³/mol. The second-order valence-electron chi connectivity index (χ2n) is 10.0. The Kier molecular flexibility index (Phi) is 4.96. The summed E-state index contributed by atoms with van der Waals surface area (Å²) in [7, 11) is 0. The Morgan fingerprint density at radius 2 is 0.975 bits per heavy atom. The number of benzene rings is 4. The van der Waals surface area contributed by atoms with Crippen molar-refractivity contribution in [2.45, 2.75) is 13.8 Å². The van der Waals surface area contributed by atoms with E-state index in [4.69, 9.17) is 8.83 Å². The molecule has 4 nitrogen and oxygen atoms in total. The van der Waals surface area contributed by atoms with Crippen LogP contribution in [0.1, 0.15) is 11.1 Å². The van der Waals surface area contributed by atoms with E-state index >= 15 is 0 Å². The third-order valence-electron chi connectivity index (χ3n) is 7.79. The van der Waals surface area contributed by atoms with E-state index in [0.717, 1.165) is 62.6 Å². The smallest absolute Gasteiger partial charge is 0.345 e. The van der Waals surface area contributed by atoms with E-state index < -0.39 is 0 Å². The topological polar surface area (TPSA) is 60.4 Å². The summed E-state index contributed by atoms with van der Waals surface area (Å²) in [5.41, 5.74) is 3.51. The van der Waals surface area contributed by atoms with Gasteiger partial charge in [-0.15, -0.1) is 22.7 Å². The van der Waals surface area contributed by atoms with Gasteiger partial charge in [-0.1, -0.05) is 60.7 Å². The van der Waals surface area contributed by atoms with Gasteiger partial charge in [-0.3, -0.25) is 0 Å². The van der Waals surface area contributed by atoms with E-state index in [1.165, 1.54) is 0 Å². The molecule has 0 unspecified atom stereocenters. The number of hydrogen-bond acceptors (Lipinski definition) is 6. The van der Waals surface area contributed by atoms with Gasteiger partial charge in [0.25, 0.3) is 0 Å². The Hall–Kier alpha value is -4.52. The van der Waals surface area contributed by atoms with Crippen LogP contribution in [0.5, 0.6) is 0 Å². The highest BCUT2D eigenvalue weighted by Gasteiger charge is 2.21. The monoisotopic (exact) mass is 556 g/mol. The van der Waals surface area contributed by atoms with Crippen LogP contribution in [0.25, 0.3) is 73.8 Å². The molecule has 0 saturated heterocycles. The summed E-state index contributed by atoms with van der Waals surface area (Å²) in [6.07, 6.45) is 0. The summed E-state index contributed by atoms with van der Waals surface area (Å²) >= 11 is 3.09. The minimum Gasteiger partial charge on any atom is -0.422 e. The molecule has 4 aromatic heterocycles. The fraction of sp³-hybridized carbons (Fsp3) is 0.0588. The minimum atomic E-state index is -0.340. The molecule has 0 radical (unpaired) electrons. The van der Waals surface area contributed by atoms with Crippen LogP contribution in [0.3, 0.4) is 0 Å². The first-order valence-corrected chi connectivity index (χ1v) is 14.6. The Labute approximate surface area is 235 Å². The Morgan fingerprint density at radius 1 is 0.550 bits per heavy atom. The summed E-state index contributed by atoms with van der Waals surface area (Å²) in [6.45, 7) is 3.99. The van der Waals surface area contributed by atoms with Crippen molar-refractivity contribution in [3.63, 3.8) is 0 Å². The number of rotatable bonds is 2. The van der Waals surface area contributed by atoms with Crippen molar-refractivity contribution in [1.29, 1.82) is 0 Å². The molecule has 8 rings (SSSR count). The molecule has 4 heterocycles. The molecule has 0 amide bonds. The first-order valence-electron chi connectivity index (χ1n) is 12.9. The number of fused-ring (bicyclic) bond motifs is 7. The number of aryl methyl sites for hydroxylation is 2. The van der Waals surface area contributed by atoms with Gasteiger partial charge in [-0.05, 0) is 70.8 Å². The normalized spacial score (nSPS) is 11.9. The van der Waals surface area contributed by atoms with Crippen molar-refractivity contribution in [2.75, 3.05) is 0 Å².